The van der Waals surface area contributed by atoms with Gasteiger partial charge in [0.25, 0.3) is 5.56 Å². The predicted octanol–water partition coefficient (Wildman–Crippen LogP) is 5.12. The van der Waals surface area contributed by atoms with Crippen LogP contribution in [0.4, 0.5) is 17.6 Å². The summed E-state index contributed by atoms with van der Waals surface area (Å²) in [6, 6.07) is 8.45. The summed E-state index contributed by atoms with van der Waals surface area (Å²) >= 11 is 6.18. The Morgan fingerprint density at radius 1 is 0.553 bits per heavy atom. The smallest absolute Gasteiger partial charge is 0.338 e. The molecule has 4 aliphatic rings. The Morgan fingerprint density at radius 2 is 0.926 bits per heavy atom. The second-order valence-electron chi connectivity index (χ2n) is 23.6. The van der Waals surface area contributed by atoms with Gasteiger partial charge in [-0.3, -0.25) is 23.1 Å². The van der Waals surface area contributed by atoms with Crippen LogP contribution in [0, 0.1) is 27.7 Å². The zero-order valence-electron chi connectivity index (χ0n) is 53.0. The van der Waals surface area contributed by atoms with Gasteiger partial charge in [-0.25, -0.2) is 67.2 Å². The maximum Gasteiger partial charge on any atom is 0.338 e. The van der Waals surface area contributed by atoms with E-state index in [1.54, 1.807) is 69.5 Å². The van der Waals surface area contributed by atoms with E-state index in [2.05, 4.69) is 59.8 Å². The number of rotatable bonds is 12. The van der Waals surface area contributed by atoms with E-state index in [0.29, 0.717) is 75.2 Å². The molecule has 1 aromatic carbocycles. The Hall–Kier alpha value is -8.06. The molecule has 4 saturated heterocycles. The number of halogens is 5. The van der Waals surface area contributed by atoms with E-state index in [-0.39, 0.29) is 33.6 Å². The topological polar surface area (TPSA) is 377 Å². The van der Waals surface area contributed by atoms with Crippen molar-refractivity contribution in [3.05, 3.63) is 100 Å². The lowest BCUT2D eigenvalue weighted by atomic mass is 9.96. The van der Waals surface area contributed by atoms with Gasteiger partial charge in [-0.15, -0.1) is 0 Å². The monoisotopic (exact) mass is 1340 g/mol. The maximum atomic E-state index is 15.4. The van der Waals surface area contributed by atoms with E-state index in [0.717, 1.165) is 0 Å². The first-order valence-electron chi connectivity index (χ1n) is 29.7. The second kappa shape index (κ2) is 26.6. The number of esters is 1. The summed E-state index contributed by atoms with van der Waals surface area (Å²) < 4.78 is 102. The van der Waals surface area contributed by atoms with Crippen LogP contribution in [-0.4, -0.2) is 209 Å². The van der Waals surface area contributed by atoms with E-state index in [9.17, 15) is 48.3 Å². The van der Waals surface area contributed by atoms with Crippen LogP contribution in [0.3, 0.4) is 0 Å². The minimum atomic E-state index is -1.83. The number of alkyl halides is 4. The number of aromatic amines is 1. The second-order valence-corrected chi connectivity index (χ2v) is 23.9. The molecule has 6 N–H and O–H groups in total. The summed E-state index contributed by atoms with van der Waals surface area (Å²) in [5.74, 6) is 1.68. The molecule has 94 heavy (non-hydrogen) atoms. The quantitative estimate of drug-likeness (QED) is 0.0525. The Balaban J connectivity index is 0.000000138. The van der Waals surface area contributed by atoms with E-state index >= 15 is 4.39 Å². The number of hydrogen-bond donors (Lipinski definition) is 6. The number of aromatic nitrogens is 16. The first-order chi connectivity index (χ1) is 44.5. The van der Waals surface area contributed by atoms with E-state index in [1.165, 1.54) is 80.9 Å². The molecule has 0 amide bonds. The van der Waals surface area contributed by atoms with Gasteiger partial charge >= 0.3 is 5.97 Å². The molecule has 4 aliphatic heterocycles. The predicted molar refractivity (Wildman–Crippen MR) is 323 cm³/mol. The van der Waals surface area contributed by atoms with E-state index in [1.807, 2.05) is 6.92 Å². The first-order valence-corrected chi connectivity index (χ1v) is 30.0. The largest absolute Gasteiger partial charge is 0.479 e. The number of carbonyl (C=O) groups is 1. The summed E-state index contributed by atoms with van der Waals surface area (Å²) in [4.78, 5) is 73.1. The van der Waals surface area contributed by atoms with Crippen LogP contribution in [0.5, 0.6) is 11.8 Å². The third-order valence-electron chi connectivity index (χ3n) is 16.7. The third-order valence-corrected chi connectivity index (χ3v) is 16.9. The zero-order valence-corrected chi connectivity index (χ0v) is 53.7. The molecule has 506 valence electrons. The average Bonchev–Trinajstić information content (AvgIpc) is 1.61. The van der Waals surface area contributed by atoms with Crippen molar-refractivity contribution in [3.8, 4) is 11.8 Å². The molecule has 8 aromatic heterocycles. The number of aryl methyl sites for hydroxylation is 4. The Morgan fingerprint density at radius 3 is 1.35 bits per heavy atom. The van der Waals surface area contributed by atoms with Gasteiger partial charge in [0.05, 0.1) is 70.5 Å². The van der Waals surface area contributed by atoms with Gasteiger partial charge in [0.15, 0.2) is 99.5 Å². The fourth-order valence-corrected chi connectivity index (χ4v) is 12.0. The standard InChI is InChI=1S/C20H20ClFN4O3.2C13H17FN4O4.C13H17FN4O3/c1-4-13-15(22)20(3,29-18(27)12-8-6-5-7-9-12)19(28-13)26-10-23-14-16(21)24-11(2)25-17(14)26;2*1-6-16-10-8(11(17-6)21-3)15-5-18(10)12-13(2,20)9(14)7(4-19)22-12;1-4-7-9(14)13(3,20)12(21-7)18-5-15-8-10(18)16-6(2)17-11(8)19/h5-10,13,15,19H,4H2,1-3H3;2*5,7,9,12,19-20H,4H2,1-3H3;5,7,9,12,20H,4H2,1-3H3,(H,16,17,19)/t13-,15-,19-,20-;7-,9-,12+,13+;2*7-,9-,12-,13-/m1111/s1. The molecule has 0 bridgehead atoms. The Labute approximate surface area is 537 Å². The number of aliphatic hydroxyl groups is 5. The lowest BCUT2D eigenvalue weighted by Crippen LogP contribution is -2.45. The molecule has 4 fully saturated rings. The van der Waals surface area contributed by atoms with Crippen LogP contribution < -0.4 is 15.0 Å². The zero-order chi connectivity index (χ0) is 68.3. The normalized spacial score (nSPS) is 30.5. The highest BCUT2D eigenvalue weighted by Gasteiger charge is 2.60. The molecule has 30 nitrogen and oxygen atoms in total. The number of methoxy groups -OCH3 is 2. The van der Waals surface area contributed by atoms with Gasteiger partial charge in [-0.05, 0) is 80.4 Å². The van der Waals surface area contributed by atoms with Gasteiger partial charge < -0.3 is 63.7 Å². The van der Waals surface area contributed by atoms with Crippen molar-refractivity contribution in [3.63, 3.8) is 0 Å². The van der Waals surface area contributed by atoms with Crippen molar-refractivity contribution in [1.82, 2.24) is 78.1 Å². The van der Waals surface area contributed by atoms with Gasteiger partial charge in [-0.2, -0.15) is 9.97 Å². The van der Waals surface area contributed by atoms with Crippen molar-refractivity contribution in [2.45, 2.75) is 178 Å². The van der Waals surface area contributed by atoms with E-state index < -0.39 is 116 Å². The molecule has 0 saturated carbocycles. The molecule has 12 heterocycles. The minimum Gasteiger partial charge on any atom is -0.479 e. The number of H-pyrrole nitrogens is 1. The maximum absolute atomic E-state index is 15.4. The summed E-state index contributed by atoms with van der Waals surface area (Å²) in [6.07, 6.45) is -7.85. The molecule has 13 rings (SSSR count). The number of nitrogens with one attached hydrogen (secondary N) is 1. The summed E-state index contributed by atoms with van der Waals surface area (Å²) in [5.41, 5.74) is -4.35. The van der Waals surface area contributed by atoms with Crippen molar-refractivity contribution < 1.29 is 81.0 Å². The molecule has 0 spiro atoms. The van der Waals surface area contributed by atoms with Gasteiger partial charge in [0.2, 0.25) is 11.8 Å². The number of imidazole rings is 4. The first kappa shape index (κ1) is 68.8. The van der Waals surface area contributed by atoms with Crippen LogP contribution >= 0.6 is 11.6 Å². The number of carbonyl (C=O) groups excluding carboxylic acids is 1. The molecule has 35 heteroatoms. The van der Waals surface area contributed by atoms with Gasteiger partial charge in [0.1, 0.15) is 57.8 Å². The van der Waals surface area contributed by atoms with Crippen LogP contribution in [0.15, 0.2) is 60.4 Å². The van der Waals surface area contributed by atoms with E-state index in [4.69, 9.17) is 44.8 Å². The highest BCUT2D eigenvalue weighted by molar-refractivity contribution is 6.33. The fourth-order valence-electron chi connectivity index (χ4n) is 11.7. The number of fused-ring (bicyclic) bond motifs is 4. The average molecular weight is 1340 g/mol. The highest BCUT2D eigenvalue weighted by atomic mass is 35.5. The van der Waals surface area contributed by atoms with Gasteiger partial charge in [-0.1, -0.05) is 43.6 Å². The van der Waals surface area contributed by atoms with Crippen molar-refractivity contribution >= 4 is 62.2 Å². The van der Waals surface area contributed by atoms with Crippen LogP contribution in [0.2, 0.25) is 5.15 Å². The lowest BCUT2D eigenvalue weighted by molar-refractivity contribution is -0.0975. The van der Waals surface area contributed by atoms with Crippen molar-refractivity contribution in [2.75, 3.05) is 27.4 Å². The molecular formula is C59H71ClF4N16O14. The summed E-state index contributed by atoms with van der Waals surface area (Å²) in [6.45, 7) is 14.8. The fraction of sp³-hybridized carbons (Fsp3) is 0.542. The number of nitrogens with zero attached hydrogens (tertiary/aromatic N) is 15. The third kappa shape index (κ3) is 12.3. The van der Waals surface area contributed by atoms with Crippen molar-refractivity contribution in [1.29, 1.82) is 0 Å². The SMILES string of the molecule is CC[C@H]1O[C@@H](n2cnc3c(=O)[nH]c(C)nc32)[C@](C)(O)[C@@H]1F.CC[C@H]1O[C@@H](n2cnc3c(Cl)nc(C)nc32)[C@](C)(OC(=O)c2ccccc2)[C@@H]1F.COc1nc(C)nc2c1ncn2[C@@H]1O[C@H](CO)[C@@H](F)[C@@]1(C)O.COc1nc(C)nc2c1ncn2[C@H]1O[C@H](CO)[C@@H](F)[C@]1(C)O. The number of hydrogen-bond acceptors (Lipinski definition) is 25. The van der Waals surface area contributed by atoms with Gasteiger partial charge in [0, 0.05) is 0 Å². The molecule has 0 aliphatic carbocycles. The lowest BCUT2D eigenvalue weighted by Gasteiger charge is -2.31. The molecule has 16 atom stereocenters. The molecule has 9 aromatic rings. The number of ether oxygens (including phenoxy) is 7. The Kier molecular flexibility index (Phi) is 19.5. The number of aliphatic hydroxyl groups excluding tert-OH is 2. The molecular weight excluding hydrogens is 1270 g/mol. The van der Waals surface area contributed by atoms with Crippen LogP contribution in [0.25, 0.3) is 44.7 Å². The van der Waals surface area contributed by atoms with Crippen LogP contribution in [-0.2, 0) is 23.7 Å². The summed E-state index contributed by atoms with van der Waals surface area (Å²) in [5, 5.41) is 49.8. The minimum absolute atomic E-state index is 0.135. The summed E-state index contributed by atoms with van der Waals surface area (Å²) in [7, 11) is 2.92. The molecule has 0 radical (unpaired) electrons. The highest BCUT2D eigenvalue weighted by Crippen LogP contribution is 2.47. The Bertz CT molecular complexity index is 4150. The molecule has 0 unspecified atom stereocenters. The number of benzene rings is 1. The van der Waals surface area contributed by atoms with Crippen molar-refractivity contribution in [2.24, 2.45) is 0 Å². The van der Waals surface area contributed by atoms with Crippen LogP contribution in [0.1, 0.15) is 113 Å².